The standard InChI is InChI=1S/C13H25OP/c1-2-11-14-15(12-7-3-4-8-12)13-9-5-6-10-13/h12-13H,2-11H2,1H3. The molecule has 2 aliphatic carbocycles. The Bertz CT molecular complexity index is 155. The molecule has 1 nitrogen and oxygen atoms in total. The molecule has 0 radical (unpaired) electrons. The molecule has 0 unspecified atom stereocenters. The van der Waals surface area contributed by atoms with Crippen molar-refractivity contribution in [2.45, 2.75) is 76.0 Å². The minimum Gasteiger partial charge on any atom is -0.359 e. The monoisotopic (exact) mass is 228 g/mol. The summed E-state index contributed by atoms with van der Waals surface area (Å²) < 4.78 is 6.22. The maximum absolute atomic E-state index is 6.22. The molecule has 2 fully saturated rings. The molecule has 0 amide bonds. The van der Waals surface area contributed by atoms with Crippen LogP contribution in [0.3, 0.4) is 0 Å². The molecule has 2 rings (SSSR count). The third kappa shape index (κ3) is 3.17. The van der Waals surface area contributed by atoms with Gasteiger partial charge in [-0.3, -0.25) is 0 Å². The molecule has 2 aliphatic rings. The van der Waals surface area contributed by atoms with E-state index in [4.69, 9.17) is 4.52 Å². The fraction of sp³-hybridized carbons (Fsp3) is 1.00. The van der Waals surface area contributed by atoms with Crippen LogP contribution in [0.1, 0.15) is 64.7 Å². The molecule has 0 aromatic rings. The van der Waals surface area contributed by atoms with Gasteiger partial charge in [0, 0.05) is 19.5 Å². The topological polar surface area (TPSA) is 9.23 Å². The van der Waals surface area contributed by atoms with E-state index in [0.29, 0.717) is 0 Å². The third-order valence-corrected chi connectivity index (χ3v) is 6.77. The van der Waals surface area contributed by atoms with E-state index in [0.717, 1.165) is 17.9 Å². The Kier molecular flexibility index (Phi) is 4.91. The molecular weight excluding hydrogens is 203 g/mol. The summed E-state index contributed by atoms with van der Waals surface area (Å²) in [5, 5.41) is 0. The highest BCUT2D eigenvalue weighted by Gasteiger charge is 2.33. The maximum atomic E-state index is 6.22. The summed E-state index contributed by atoms with van der Waals surface area (Å²) in [5.41, 5.74) is 1.93. The first kappa shape index (κ1) is 11.9. The van der Waals surface area contributed by atoms with Gasteiger partial charge in [-0.2, -0.15) is 0 Å². The average Bonchev–Trinajstić information content (AvgIpc) is 2.90. The van der Waals surface area contributed by atoms with E-state index in [-0.39, 0.29) is 8.15 Å². The van der Waals surface area contributed by atoms with Crippen LogP contribution in [0.15, 0.2) is 0 Å². The minimum atomic E-state index is -0.0688. The highest BCUT2D eigenvalue weighted by molar-refractivity contribution is 7.54. The van der Waals surface area contributed by atoms with Crippen molar-refractivity contribution < 1.29 is 4.52 Å². The second-order valence-electron chi connectivity index (χ2n) is 5.07. The van der Waals surface area contributed by atoms with Gasteiger partial charge in [0.2, 0.25) is 0 Å². The van der Waals surface area contributed by atoms with Gasteiger partial charge in [0.05, 0.1) is 6.61 Å². The maximum Gasteiger partial charge on any atom is 0.0506 e. The zero-order valence-corrected chi connectivity index (χ0v) is 11.0. The van der Waals surface area contributed by atoms with Crippen LogP contribution in [0.5, 0.6) is 0 Å². The van der Waals surface area contributed by atoms with Crippen LogP contribution >= 0.6 is 8.15 Å². The first-order valence-corrected chi connectivity index (χ1v) is 8.23. The van der Waals surface area contributed by atoms with Crippen molar-refractivity contribution in [3.8, 4) is 0 Å². The molecule has 15 heavy (non-hydrogen) atoms. The summed E-state index contributed by atoms with van der Waals surface area (Å²) >= 11 is 0. The Labute approximate surface area is 95.8 Å². The predicted octanol–water partition coefficient (Wildman–Crippen LogP) is 4.70. The lowest BCUT2D eigenvalue weighted by atomic mass is 10.4. The quantitative estimate of drug-likeness (QED) is 0.620. The summed E-state index contributed by atoms with van der Waals surface area (Å²) in [7, 11) is -0.0688. The SMILES string of the molecule is CCCOP(C1CCCC1)C1CCCC1. The molecule has 0 saturated heterocycles. The molecular formula is C13H25OP. The second kappa shape index (κ2) is 6.21. The molecule has 88 valence electrons. The fourth-order valence-corrected chi connectivity index (χ4v) is 6.18. The van der Waals surface area contributed by atoms with Crippen LogP contribution in [-0.4, -0.2) is 17.9 Å². The van der Waals surface area contributed by atoms with E-state index < -0.39 is 0 Å². The number of hydrogen-bond acceptors (Lipinski definition) is 1. The molecule has 0 heterocycles. The van der Waals surface area contributed by atoms with Crippen molar-refractivity contribution in [2.75, 3.05) is 6.61 Å². The van der Waals surface area contributed by atoms with Gasteiger partial charge in [0.25, 0.3) is 0 Å². The molecule has 2 heteroatoms. The van der Waals surface area contributed by atoms with Gasteiger partial charge < -0.3 is 4.52 Å². The van der Waals surface area contributed by atoms with Gasteiger partial charge in [-0.05, 0) is 32.1 Å². The molecule has 2 saturated carbocycles. The van der Waals surface area contributed by atoms with Gasteiger partial charge in [-0.1, -0.05) is 32.6 Å². The normalized spacial score (nSPS) is 24.4. The average molecular weight is 228 g/mol. The largest absolute Gasteiger partial charge is 0.359 e. The van der Waals surface area contributed by atoms with Crippen LogP contribution in [0, 0.1) is 0 Å². The molecule has 0 aliphatic heterocycles. The van der Waals surface area contributed by atoms with Crippen molar-refractivity contribution in [1.29, 1.82) is 0 Å². The molecule has 0 N–H and O–H groups in total. The lowest BCUT2D eigenvalue weighted by Gasteiger charge is -2.29. The molecule has 0 bridgehead atoms. The van der Waals surface area contributed by atoms with Crippen LogP contribution in [-0.2, 0) is 4.52 Å². The Morgan fingerprint density at radius 1 is 0.933 bits per heavy atom. The van der Waals surface area contributed by atoms with E-state index in [2.05, 4.69) is 6.92 Å². The summed E-state index contributed by atoms with van der Waals surface area (Å²) in [6, 6.07) is 0. The van der Waals surface area contributed by atoms with Gasteiger partial charge in [0.1, 0.15) is 0 Å². The van der Waals surface area contributed by atoms with Crippen molar-refractivity contribution in [1.82, 2.24) is 0 Å². The van der Waals surface area contributed by atoms with Crippen molar-refractivity contribution in [2.24, 2.45) is 0 Å². The zero-order chi connectivity index (χ0) is 10.5. The van der Waals surface area contributed by atoms with Gasteiger partial charge in [0.15, 0.2) is 0 Å². The molecule has 0 aromatic carbocycles. The van der Waals surface area contributed by atoms with E-state index >= 15 is 0 Å². The van der Waals surface area contributed by atoms with Crippen molar-refractivity contribution in [3.05, 3.63) is 0 Å². The Morgan fingerprint density at radius 2 is 1.40 bits per heavy atom. The van der Waals surface area contributed by atoms with Crippen LogP contribution < -0.4 is 0 Å². The first-order valence-electron chi connectivity index (χ1n) is 6.83. The van der Waals surface area contributed by atoms with Gasteiger partial charge in [-0.15, -0.1) is 0 Å². The first-order chi connectivity index (χ1) is 7.42. The highest BCUT2D eigenvalue weighted by atomic mass is 31.1. The Morgan fingerprint density at radius 3 is 1.80 bits per heavy atom. The summed E-state index contributed by atoms with van der Waals surface area (Å²) in [5.74, 6) is 0. The predicted molar refractivity (Wildman–Crippen MR) is 67.7 cm³/mol. The Balaban J connectivity index is 1.88. The number of hydrogen-bond donors (Lipinski definition) is 0. The highest BCUT2D eigenvalue weighted by Crippen LogP contribution is 2.57. The molecule has 0 spiro atoms. The van der Waals surface area contributed by atoms with E-state index in [1.807, 2.05) is 0 Å². The van der Waals surface area contributed by atoms with E-state index in [1.54, 1.807) is 0 Å². The number of rotatable bonds is 5. The zero-order valence-electron chi connectivity index (χ0n) is 10.1. The van der Waals surface area contributed by atoms with Crippen LogP contribution in [0.4, 0.5) is 0 Å². The smallest absolute Gasteiger partial charge is 0.0506 e. The summed E-state index contributed by atoms with van der Waals surface area (Å²) in [6.45, 7) is 3.25. The summed E-state index contributed by atoms with van der Waals surface area (Å²) in [6.07, 6.45) is 12.9. The van der Waals surface area contributed by atoms with Crippen LogP contribution in [0.25, 0.3) is 0 Å². The fourth-order valence-electron chi connectivity index (χ4n) is 3.02. The van der Waals surface area contributed by atoms with Crippen molar-refractivity contribution in [3.63, 3.8) is 0 Å². The lowest BCUT2D eigenvalue weighted by Crippen LogP contribution is -2.12. The van der Waals surface area contributed by atoms with E-state index in [9.17, 15) is 0 Å². The Hall–Kier alpha value is 0.390. The lowest BCUT2D eigenvalue weighted by molar-refractivity contribution is 0.340. The van der Waals surface area contributed by atoms with Crippen LogP contribution in [0.2, 0.25) is 0 Å². The molecule has 0 aromatic heterocycles. The van der Waals surface area contributed by atoms with Gasteiger partial charge >= 0.3 is 0 Å². The minimum absolute atomic E-state index is 0.0688. The second-order valence-corrected chi connectivity index (χ2v) is 7.51. The summed E-state index contributed by atoms with van der Waals surface area (Å²) in [4.78, 5) is 0. The van der Waals surface area contributed by atoms with Gasteiger partial charge in [-0.25, -0.2) is 0 Å². The molecule has 0 atom stereocenters. The van der Waals surface area contributed by atoms with E-state index in [1.165, 1.54) is 57.8 Å². The van der Waals surface area contributed by atoms with Crippen molar-refractivity contribution >= 4 is 8.15 Å². The third-order valence-electron chi connectivity index (χ3n) is 3.81.